The Morgan fingerprint density at radius 2 is 1.90 bits per heavy atom. The average molecular weight is 401 g/mol. The van der Waals surface area contributed by atoms with E-state index < -0.39 is 0 Å². The van der Waals surface area contributed by atoms with Gasteiger partial charge in [0.1, 0.15) is 18.0 Å². The van der Waals surface area contributed by atoms with Crippen molar-refractivity contribution in [1.82, 2.24) is 15.2 Å². The van der Waals surface area contributed by atoms with Crippen molar-refractivity contribution in [2.24, 2.45) is 15.6 Å². The normalized spacial score (nSPS) is 20.8. The first-order chi connectivity index (χ1) is 14.7. The second-order valence-electron chi connectivity index (χ2n) is 8.46. The van der Waals surface area contributed by atoms with Gasteiger partial charge >= 0.3 is 0 Å². The summed E-state index contributed by atoms with van der Waals surface area (Å²) in [5.41, 5.74) is 5.08. The average Bonchev–Trinajstić information content (AvgIpc) is 3.21. The van der Waals surface area contributed by atoms with Crippen molar-refractivity contribution >= 4 is 28.0 Å². The number of hydrogen-bond acceptors (Lipinski definition) is 6. The van der Waals surface area contributed by atoms with Gasteiger partial charge in [-0.05, 0) is 12.1 Å². The number of nitrogens with zero attached hydrogens (tertiary/aromatic N) is 3. The predicted molar refractivity (Wildman–Crippen MR) is 117 cm³/mol. The first-order valence-electron chi connectivity index (χ1n) is 10.3. The van der Waals surface area contributed by atoms with E-state index in [2.05, 4.69) is 20.4 Å². The first kappa shape index (κ1) is 17.7. The number of fused-ring (bicyclic) bond motifs is 2. The smallest absolute Gasteiger partial charge is 0.199 e. The van der Waals surface area contributed by atoms with Crippen LogP contribution in [0.15, 0.2) is 58.7 Å². The Balaban J connectivity index is 1.26. The van der Waals surface area contributed by atoms with Gasteiger partial charge in [-0.25, -0.2) is 4.99 Å². The molecule has 0 radical (unpaired) electrons. The Morgan fingerprint density at radius 1 is 1.10 bits per heavy atom. The van der Waals surface area contributed by atoms with Gasteiger partial charge in [-0.2, -0.15) is 0 Å². The van der Waals surface area contributed by atoms with Crippen LogP contribution in [-0.4, -0.2) is 65.7 Å². The lowest BCUT2D eigenvalue weighted by Gasteiger charge is -2.56. The molecule has 2 saturated heterocycles. The van der Waals surface area contributed by atoms with Crippen molar-refractivity contribution in [3.63, 3.8) is 0 Å². The Labute approximate surface area is 174 Å². The number of benzene rings is 2. The molecule has 152 valence electrons. The number of aromatic amines is 1. The molecule has 4 heterocycles. The SMILES string of the molecule is Oc1[nH]c2ccccc2c1C1=Nc2ccccc2C1=NOCCN1CC2(CNC2)C1. The highest BCUT2D eigenvalue weighted by Crippen LogP contribution is 2.36. The van der Waals surface area contributed by atoms with Gasteiger partial charge in [0.25, 0.3) is 0 Å². The Hall–Kier alpha value is -3.16. The molecular weight excluding hydrogens is 378 g/mol. The molecule has 0 atom stereocenters. The van der Waals surface area contributed by atoms with E-state index in [4.69, 9.17) is 9.83 Å². The molecule has 7 nitrogen and oxygen atoms in total. The van der Waals surface area contributed by atoms with Gasteiger partial charge in [-0.3, -0.25) is 4.90 Å². The number of hydrogen-bond donors (Lipinski definition) is 3. The lowest BCUT2D eigenvalue weighted by atomic mass is 9.74. The fraction of sp³-hybridized carbons (Fsp3) is 0.304. The van der Waals surface area contributed by atoms with Crippen LogP contribution in [0.25, 0.3) is 10.9 Å². The van der Waals surface area contributed by atoms with E-state index >= 15 is 0 Å². The van der Waals surface area contributed by atoms with Crippen LogP contribution in [0, 0.1) is 5.41 Å². The zero-order valence-electron chi connectivity index (χ0n) is 16.6. The van der Waals surface area contributed by atoms with Gasteiger partial charge in [0.05, 0.1) is 11.3 Å². The minimum Gasteiger partial charge on any atom is -0.494 e. The predicted octanol–water partition coefficient (Wildman–Crippen LogP) is 2.63. The van der Waals surface area contributed by atoms with Gasteiger partial charge in [0, 0.05) is 54.6 Å². The summed E-state index contributed by atoms with van der Waals surface area (Å²) in [5, 5.41) is 19.4. The third-order valence-electron chi connectivity index (χ3n) is 6.31. The lowest BCUT2D eigenvalue weighted by Crippen LogP contribution is -2.71. The standard InChI is InChI=1S/C23H23N5O2/c29-22-19(15-5-1-3-7-17(15)26-22)21-20(16-6-2-4-8-18(16)25-21)27-30-10-9-28-13-23(14-28)11-24-12-23/h1-8,24,26,29H,9-14H2. The molecule has 3 aromatic rings. The van der Waals surface area contributed by atoms with Gasteiger partial charge in [0.15, 0.2) is 5.88 Å². The molecule has 3 aliphatic heterocycles. The maximum Gasteiger partial charge on any atom is 0.199 e. The second-order valence-corrected chi connectivity index (χ2v) is 8.46. The summed E-state index contributed by atoms with van der Waals surface area (Å²) >= 11 is 0. The fourth-order valence-electron chi connectivity index (χ4n) is 4.75. The monoisotopic (exact) mass is 401 g/mol. The van der Waals surface area contributed by atoms with Crippen LogP contribution in [0.4, 0.5) is 5.69 Å². The van der Waals surface area contributed by atoms with Crippen LogP contribution in [0.1, 0.15) is 11.1 Å². The largest absolute Gasteiger partial charge is 0.494 e. The van der Waals surface area contributed by atoms with Crippen LogP contribution < -0.4 is 5.32 Å². The molecule has 1 aromatic heterocycles. The summed E-state index contributed by atoms with van der Waals surface area (Å²) < 4.78 is 0. The Morgan fingerprint density at radius 3 is 2.73 bits per heavy atom. The molecule has 3 N–H and O–H groups in total. The number of aromatic hydroxyl groups is 1. The highest BCUT2D eigenvalue weighted by atomic mass is 16.6. The van der Waals surface area contributed by atoms with E-state index in [0.29, 0.717) is 29.0 Å². The molecule has 0 bridgehead atoms. The minimum absolute atomic E-state index is 0.0930. The quantitative estimate of drug-likeness (QED) is 0.453. The fourth-order valence-corrected chi connectivity index (χ4v) is 4.75. The Kier molecular flexibility index (Phi) is 3.94. The van der Waals surface area contributed by atoms with Gasteiger partial charge < -0.3 is 20.2 Å². The number of oxime groups is 1. The summed E-state index contributed by atoms with van der Waals surface area (Å²) in [5.74, 6) is 0.0930. The number of para-hydroxylation sites is 2. The maximum absolute atomic E-state index is 10.6. The van der Waals surface area contributed by atoms with E-state index in [9.17, 15) is 5.11 Å². The van der Waals surface area contributed by atoms with Gasteiger partial charge in [-0.15, -0.1) is 0 Å². The van der Waals surface area contributed by atoms with Crippen molar-refractivity contribution in [3.8, 4) is 5.88 Å². The number of nitrogens with one attached hydrogen (secondary N) is 2. The third-order valence-corrected chi connectivity index (χ3v) is 6.31. The highest BCUT2D eigenvalue weighted by Gasteiger charge is 2.47. The molecule has 0 unspecified atom stereocenters. The topological polar surface area (TPSA) is 85.2 Å². The van der Waals surface area contributed by atoms with Crippen LogP contribution in [-0.2, 0) is 4.84 Å². The number of H-pyrrole nitrogens is 1. The molecule has 0 amide bonds. The van der Waals surface area contributed by atoms with Crippen LogP contribution in [0.2, 0.25) is 0 Å². The van der Waals surface area contributed by atoms with E-state index in [1.807, 2.05) is 48.5 Å². The molecule has 2 fully saturated rings. The molecule has 30 heavy (non-hydrogen) atoms. The van der Waals surface area contributed by atoms with E-state index in [1.54, 1.807) is 0 Å². The van der Waals surface area contributed by atoms with Crippen LogP contribution in [0.5, 0.6) is 5.88 Å². The zero-order chi connectivity index (χ0) is 20.1. The molecule has 0 saturated carbocycles. The maximum atomic E-state index is 10.6. The van der Waals surface area contributed by atoms with Crippen molar-refractivity contribution in [1.29, 1.82) is 0 Å². The van der Waals surface area contributed by atoms with Gasteiger partial charge in [-0.1, -0.05) is 41.6 Å². The highest BCUT2D eigenvalue weighted by molar-refractivity contribution is 6.58. The Bertz CT molecular complexity index is 1180. The third kappa shape index (κ3) is 2.74. The van der Waals surface area contributed by atoms with E-state index in [-0.39, 0.29) is 5.88 Å². The number of aliphatic imine (C=N–C) groups is 1. The molecule has 6 rings (SSSR count). The molecular formula is C23H23N5O2. The lowest BCUT2D eigenvalue weighted by molar-refractivity contribution is -0.0512. The molecule has 3 aliphatic rings. The summed E-state index contributed by atoms with van der Waals surface area (Å²) in [4.78, 5) is 16.0. The second kappa shape index (κ2) is 6.68. The van der Waals surface area contributed by atoms with Crippen molar-refractivity contribution in [2.45, 2.75) is 0 Å². The van der Waals surface area contributed by atoms with Crippen LogP contribution >= 0.6 is 0 Å². The van der Waals surface area contributed by atoms with E-state index in [1.165, 1.54) is 0 Å². The first-order valence-corrected chi connectivity index (χ1v) is 10.3. The summed E-state index contributed by atoms with van der Waals surface area (Å²) in [6.45, 7) is 5.94. The number of aromatic nitrogens is 1. The summed E-state index contributed by atoms with van der Waals surface area (Å²) in [7, 11) is 0. The molecule has 1 spiro atoms. The van der Waals surface area contributed by atoms with E-state index in [0.717, 1.165) is 54.9 Å². The van der Waals surface area contributed by atoms with Crippen molar-refractivity contribution in [2.75, 3.05) is 39.3 Å². The zero-order valence-corrected chi connectivity index (χ0v) is 16.6. The van der Waals surface area contributed by atoms with Crippen molar-refractivity contribution < 1.29 is 9.94 Å². The summed E-state index contributed by atoms with van der Waals surface area (Å²) in [6, 6.07) is 15.7. The van der Waals surface area contributed by atoms with Crippen molar-refractivity contribution in [3.05, 3.63) is 59.7 Å². The molecule has 7 heteroatoms. The number of likely N-dealkylation sites (tertiary alicyclic amines) is 1. The summed E-state index contributed by atoms with van der Waals surface area (Å²) in [6.07, 6.45) is 0. The van der Waals surface area contributed by atoms with Gasteiger partial charge in [0.2, 0.25) is 0 Å². The number of rotatable bonds is 5. The molecule has 0 aliphatic carbocycles. The minimum atomic E-state index is 0.0930. The van der Waals surface area contributed by atoms with Crippen LogP contribution in [0.3, 0.4) is 0 Å². The molecule has 2 aromatic carbocycles.